The number of carbonyl (C=O) groups excluding carboxylic acids is 4. The second-order valence-corrected chi connectivity index (χ2v) is 7.37. The summed E-state index contributed by atoms with van der Waals surface area (Å²) in [5.74, 6) is -1.56. The molecule has 0 radical (unpaired) electrons. The van der Waals surface area contributed by atoms with E-state index in [0.717, 1.165) is 10.5 Å². The van der Waals surface area contributed by atoms with Crippen molar-refractivity contribution in [2.45, 2.75) is 12.6 Å². The Bertz CT molecular complexity index is 1190. The Hall–Kier alpha value is -4.46. The third kappa shape index (κ3) is 4.45. The molecule has 1 atom stereocenters. The van der Waals surface area contributed by atoms with Gasteiger partial charge in [0.05, 0.1) is 29.5 Å². The summed E-state index contributed by atoms with van der Waals surface area (Å²) < 4.78 is 4.76. The topological polar surface area (TPSA) is 105 Å². The standard InChI is InChI=1S/C25H21N3O5/c1-33-24(31)19-13-7-8-14-20(19)26-25(32)27-21(15-16-9-3-2-4-10-16)28-22(29)17-11-5-6-12-18(17)23(28)30/h2-14,21H,15H2,1H3,(H2,26,27,32). The lowest BCUT2D eigenvalue weighted by atomic mass is 10.1. The summed E-state index contributed by atoms with van der Waals surface area (Å²) in [5, 5.41) is 5.33. The van der Waals surface area contributed by atoms with Crippen molar-refractivity contribution in [2.75, 3.05) is 12.4 Å². The first-order valence-corrected chi connectivity index (χ1v) is 10.3. The SMILES string of the molecule is COC(=O)c1ccccc1NC(=O)NC(Cc1ccccc1)N1C(=O)c2ccccc2C1=O. The largest absolute Gasteiger partial charge is 0.465 e. The molecule has 2 N–H and O–H groups in total. The van der Waals surface area contributed by atoms with Crippen LogP contribution in [0.2, 0.25) is 0 Å². The Labute approximate surface area is 190 Å². The van der Waals surface area contributed by atoms with E-state index in [-0.39, 0.29) is 17.7 Å². The second kappa shape index (κ2) is 9.35. The number of ether oxygens (including phenoxy) is 1. The van der Waals surface area contributed by atoms with E-state index in [4.69, 9.17) is 4.74 Å². The molecule has 4 amide bonds. The summed E-state index contributed by atoms with van der Waals surface area (Å²) in [5.41, 5.74) is 1.82. The number of nitrogens with zero attached hydrogens (tertiary/aromatic N) is 1. The summed E-state index contributed by atoms with van der Waals surface area (Å²) in [6, 6.07) is 21.5. The van der Waals surface area contributed by atoms with Gasteiger partial charge < -0.3 is 15.4 Å². The van der Waals surface area contributed by atoms with Crippen molar-refractivity contribution in [1.29, 1.82) is 0 Å². The number of carbonyl (C=O) groups is 4. The van der Waals surface area contributed by atoms with E-state index in [1.165, 1.54) is 13.2 Å². The third-order valence-corrected chi connectivity index (χ3v) is 5.29. The number of rotatable bonds is 6. The van der Waals surface area contributed by atoms with Gasteiger partial charge in [-0.2, -0.15) is 0 Å². The third-order valence-electron chi connectivity index (χ3n) is 5.29. The molecule has 0 bridgehead atoms. The molecule has 8 nitrogen and oxygen atoms in total. The molecule has 1 unspecified atom stereocenters. The lowest BCUT2D eigenvalue weighted by Crippen LogP contribution is -2.53. The number of hydrogen-bond acceptors (Lipinski definition) is 5. The average molecular weight is 443 g/mol. The molecule has 0 aromatic heterocycles. The van der Waals surface area contributed by atoms with Gasteiger partial charge in [-0.1, -0.05) is 54.6 Å². The van der Waals surface area contributed by atoms with Crippen LogP contribution in [0.25, 0.3) is 0 Å². The van der Waals surface area contributed by atoms with Crippen LogP contribution < -0.4 is 10.6 Å². The molecule has 8 heteroatoms. The fourth-order valence-electron chi connectivity index (χ4n) is 3.72. The predicted octanol–water partition coefficient (Wildman–Crippen LogP) is 3.46. The molecule has 0 fully saturated rings. The van der Waals surface area contributed by atoms with Crippen LogP contribution in [-0.2, 0) is 11.2 Å². The minimum Gasteiger partial charge on any atom is -0.465 e. The fourth-order valence-corrected chi connectivity index (χ4v) is 3.72. The number of urea groups is 1. The maximum absolute atomic E-state index is 13.0. The Morgan fingerprint density at radius 1 is 0.848 bits per heavy atom. The molecule has 1 aliphatic rings. The Morgan fingerprint density at radius 2 is 1.42 bits per heavy atom. The number of methoxy groups -OCH3 is 1. The number of benzene rings is 3. The monoisotopic (exact) mass is 443 g/mol. The zero-order valence-electron chi connectivity index (χ0n) is 17.8. The molecule has 3 aromatic rings. The van der Waals surface area contributed by atoms with E-state index in [1.807, 2.05) is 30.3 Å². The molecular formula is C25H21N3O5. The van der Waals surface area contributed by atoms with E-state index in [9.17, 15) is 19.2 Å². The highest BCUT2D eigenvalue weighted by molar-refractivity contribution is 6.21. The van der Waals surface area contributed by atoms with Gasteiger partial charge in [-0.25, -0.2) is 9.59 Å². The van der Waals surface area contributed by atoms with Crippen molar-refractivity contribution in [1.82, 2.24) is 10.2 Å². The minimum atomic E-state index is -0.954. The fraction of sp³-hybridized carbons (Fsp3) is 0.120. The number of imide groups is 1. The first-order chi connectivity index (χ1) is 16.0. The average Bonchev–Trinajstić information content (AvgIpc) is 3.09. The van der Waals surface area contributed by atoms with Gasteiger partial charge in [0.15, 0.2) is 0 Å². The van der Waals surface area contributed by atoms with E-state index < -0.39 is 30.0 Å². The van der Waals surface area contributed by atoms with Crippen molar-refractivity contribution in [2.24, 2.45) is 0 Å². The number of esters is 1. The number of fused-ring (bicyclic) bond motifs is 1. The molecule has 0 saturated heterocycles. The van der Waals surface area contributed by atoms with Crippen molar-refractivity contribution in [3.05, 3.63) is 101 Å². The van der Waals surface area contributed by atoms with Crippen molar-refractivity contribution in [3.8, 4) is 0 Å². The first-order valence-electron chi connectivity index (χ1n) is 10.3. The van der Waals surface area contributed by atoms with Gasteiger partial charge in [0, 0.05) is 6.42 Å². The van der Waals surface area contributed by atoms with Crippen LogP contribution in [0, 0.1) is 0 Å². The Morgan fingerprint density at radius 3 is 2.06 bits per heavy atom. The van der Waals surface area contributed by atoms with Crippen LogP contribution in [0.5, 0.6) is 0 Å². The van der Waals surface area contributed by atoms with Gasteiger partial charge in [-0.05, 0) is 29.8 Å². The summed E-state index contributed by atoms with van der Waals surface area (Å²) in [4.78, 5) is 52.0. The summed E-state index contributed by atoms with van der Waals surface area (Å²) >= 11 is 0. The maximum Gasteiger partial charge on any atom is 0.339 e. The molecule has 1 aliphatic heterocycles. The quantitative estimate of drug-likeness (QED) is 0.448. The number of nitrogens with one attached hydrogen (secondary N) is 2. The summed E-state index contributed by atoms with van der Waals surface area (Å²) in [6.07, 6.45) is -0.747. The zero-order valence-corrected chi connectivity index (χ0v) is 17.8. The van der Waals surface area contributed by atoms with Gasteiger partial charge in [0.25, 0.3) is 11.8 Å². The van der Waals surface area contributed by atoms with Gasteiger partial charge >= 0.3 is 12.0 Å². The summed E-state index contributed by atoms with van der Waals surface area (Å²) in [7, 11) is 1.25. The van der Waals surface area contributed by atoms with E-state index in [2.05, 4.69) is 10.6 Å². The molecule has 166 valence electrons. The lowest BCUT2D eigenvalue weighted by molar-refractivity contribution is 0.0562. The summed E-state index contributed by atoms with van der Waals surface area (Å²) in [6.45, 7) is 0. The molecule has 0 aliphatic carbocycles. The van der Waals surface area contributed by atoms with E-state index in [1.54, 1.807) is 42.5 Å². The van der Waals surface area contributed by atoms with Crippen LogP contribution in [0.3, 0.4) is 0 Å². The number of anilines is 1. The van der Waals surface area contributed by atoms with Gasteiger partial charge in [-0.3, -0.25) is 14.5 Å². The van der Waals surface area contributed by atoms with Gasteiger partial charge in [0.1, 0.15) is 6.17 Å². The van der Waals surface area contributed by atoms with Crippen LogP contribution >= 0.6 is 0 Å². The molecular weight excluding hydrogens is 422 g/mol. The highest BCUT2D eigenvalue weighted by Crippen LogP contribution is 2.25. The Kier molecular flexibility index (Phi) is 6.17. The van der Waals surface area contributed by atoms with Crippen molar-refractivity contribution >= 4 is 29.5 Å². The zero-order chi connectivity index (χ0) is 23.4. The van der Waals surface area contributed by atoms with Crippen LogP contribution in [0.15, 0.2) is 78.9 Å². The molecule has 33 heavy (non-hydrogen) atoms. The van der Waals surface area contributed by atoms with Crippen molar-refractivity contribution < 1.29 is 23.9 Å². The van der Waals surface area contributed by atoms with E-state index in [0.29, 0.717) is 11.1 Å². The maximum atomic E-state index is 13.0. The predicted molar refractivity (Wildman–Crippen MR) is 121 cm³/mol. The highest BCUT2D eigenvalue weighted by atomic mass is 16.5. The molecule has 1 heterocycles. The van der Waals surface area contributed by atoms with Gasteiger partial charge in [-0.15, -0.1) is 0 Å². The molecule has 0 spiro atoms. The van der Waals surface area contributed by atoms with E-state index >= 15 is 0 Å². The highest BCUT2D eigenvalue weighted by Gasteiger charge is 2.40. The Balaban J connectivity index is 1.60. The number of hydrogen-bond donors (Lipinski definition) is 2. The van der Waals surface area contributed by atoms with Crippen LogP contribution in [0.4, 0.5) is 10.5 Å². The molecule has 0 saturated carbocycles. The number of para-hydroxylation sites is 1. The second-order valence-electron chi connectivity index (χ2n) is 7.37. The van der Waals surface area contributed by atoms with Crippen LogP contribution in [0.1, 0.15) is 36.6 Å². The minimum absolute atomic E-state index is 0.176. The smallest absolute Gasteiger partial charge is 0.339 e. The van der Waals surface area contributed by atoms with Gasteiger partial charge in [0.2, 0.25) is 0 Å². The van der Waals surface area contributed by atoms with Crippen molar-refractivity contribution in [3.63, 3.8) is 0 Å². The molecule has 3 aromatic carbocycles. The molecule has 4 rings (SSSR count). The number of amides is 4. The van der Waals surface area contributed by atoms with Crippen LogP contribution in [-0.4, -0.2) is 42.0 Å². The normalized spacial score (nSPS) is 13.3. The first kappa shape index (κ1) is 21.8. The lowest BCUT2D eigenvalue weighted by Gasteiger charge is -2.27.